The van der Waals surface area contributed by atoms with Crippen molar-refractivity contribution in [1.82, 2.24) is 0 Å². The Morgan fingerprint density at radius 3 is 0.897 bits per heavy atom. The van der Waals surface area contributed by atoms with Crippen LogP contribution in [0.15, 0.2) is 48.5 Å². The fourth-order valence-electron chi connectivity index (χ4n) is 7.95. The van der Waals surface area contributed by atoms with E-state index in [0.717, 1.165) is 22.6 Å². The molecule has 2 aromatic carbocycles. The average molecular weight is 652 g/mol. The minimum atomic E-state index is 0. The molecule has 4 aliphatic rings. The molecule has 0 nitrogen and oxygen atoms in total. The van der Waals surface area contributed by atoms with E-state index in [-0.39, 0.29) is 57.7 Å². The Labute approximate surface area is 266 Å². The van der Waals surface area contributed by atoms with Crippen LogP contribution in [0.2, 0.25) is 0 Å². The summed E-state index contributed by atoms with van der Waals surface area (Å²) in [5, 5.41) is 3.45. The largest absolute Gasteiger partial charge is 2.00 e. The molecule has 0 saturated heterocycles. The molecule has 0 bridgehead atoms. The van der Waals surface area contributed by atoms with Crippen molar-refractivity contribution in [3.8, 4) is 0 Å². The summed E-state index contributed by atoms with van der Waals surface area (Å²) >= 11 is 0. The molecule has 0 radical (unpaired) electrons. The number of hydrogen-bond acceptors (Lipinski definition) is 0. The molecule has 2 aromatic rings. The third kappa shape index (κ3) is 10.4. The van der Waals surface area contributed by atoms with Crippen molar-refractivity contribution in [2.24, 2.45) is 0 Å². The third-order valence-electron chi connectivity index (χ3n) is 9.76. The summed E-state index contributed by atoms with van der Waals surface area (Å²) in [7, 11) is 0.290. The van der Waals surface area contributed by atoms with Crippen molar-refractivity contribution in [2.75, 3.05) is 0 Å². The Morgan fingerprint density at radius 1 is 0.436 bits per heavy atom. The second kappa shape index (κ2) is 19.8. The van der Waals surface area contributed by atoms with Gasteiger partial charge in [0.25, 0.3) is 0 Å². The normalized spacial score (nSPS) is 21.8. The summed E-state index contributed by atoms with van der Waals surface area (Å²) in [5.41, 5.74) is 4.22. The molecular formula is C34H54Cl2FeP2. The first-order valence-electron chi connectivity index (χ1n) is 15.9. The van der Waals surface area contributed by atoms with Crippen LogP contribution >= 0.6 is 40.7 Å². The molecule has 0 amide bonds. The molecular weight excluding hydrogens is 597 g/mol. The van der Waals surface area contributed by atoms with E-state index in [1.54, 1.807) is 10.6 Å². The van der Waals surface area contributed by atoms with E-state index in [0.29, 0.717) is 0 Å². The molecule has 4 fully saturated rings. The second-order valence-electron chi connectivity index (χ2n) is 12.3. The number of rotatable bonds is 6. The van der Waals surface area contributed by atoms with Crippen LogP contribution in [0.25, 0.3) is 0 Å². The summed E-state index contributed by atoms with van der Waals surface area (Å²) in [4.78, 5) is 0. The van der Waals surface area contributed by atoms with Gasteiger partial charge in [0.15, 0.2) is 0 Å². The molecule has 5 heteroatoms. The van der Waals surface area contributed by atoms with E-state index in [9.17, 15) is 0 Å². The number of hydrogen-bond donors (Lipinski definition) is 0. The van der Waals surface area contributed by atoms with Crippen molar-refractivity contribution in [1.29, 1.82) is 0 Å². The SMILES string of the molecule is Cl.Cl.[Fe+2].c1c[cH-]c(P(C2CCCCC2)C2CCCCC2)c1.c1c[cH-]c(P(C2CCCCC2)C2CCCCC2)c1. The van der Waals surface area contributed by atoms with Gasteiger partial charge in [-0.1, -0.05) is 92.9 Å². The van der Waals surface area contributed by atoms with Gasteiger partial charge in [-0.2, -0.15) is 24.3 Å². The van der Waals surface area contributed by atoms with Crippen LogP contribution in [-0.2, 0) is 17.1 Å². The predicted molar refractivity (Wildman–Crippen MR) is 179 cm³/mol. The Bertz CT molecular complexity index is 709. The fraction of sp³-hybridized carbons (Fsp3) is 0.706. The van der Waals surface area contributed by atoms with Crippen LogP contribution in [-0.4, -0.2) is 22.6 Å². The zero-order valence-electron chi connectivity index (χ0n) is 24.1. The Balaban J connectivity index is 0.000000254. The molecule has 0 heterocycles. The molecule has 0 N–H and O–H groups in total. The molecule has 6 rings (SSSR count). The Hall–Kier alpha value is 0.659. The molecule has 4 aliphatic carbocycles. The minimum absolute atomic E-state index is 0. The average Bonchev–Trinajstić information content (AvgIpc) is 3.68. The zero-order chi connectivity index (χ0) is 24.4. The van der Waals surface area contributed by atoms with E-state index < -0.39 is 0 Å². The van der Waals surface area contributed by atoms with Gasteiger partial charge >= 0.3 is 17.1 Å². The van der Waals surface area contributed by atoms with Gasteiger partial charge in [0.2, 0.25) is 0 Å². The van der Waals surface area contributed by atoms with Gasteiger partial charge in [-0.3, -0.25) is 0 Å². The van der Waals surface area contributed by atoms with Gasteiger partial charge in [0.05, 0.1) is 0 Å². The Morgan fingerprint density at radius 2 is 0.692 bits per heavy atom. The maximum atomic E-state index is 2.43. The molecule has 4 saturated carbocycles. The van der Waals surface area contributed by atoms with E-state index in [2.05, 4.69) is 48.5 Å². The minimum Gasteiger partial charge on any atom is -0.213 e. The first-order chi connectivity index (χ1) is 17.9. The van der Waals surface area contributed by atoms with Gasteiger partial charge < -0.3 is 0 Å². The quantitative estimate of drug-likeness (QED) is 0.166. The van der Waals surface area contributed by atoms with Gasteiger partial charge in [0, 0.05) is 0 Å². The van der Waals surface area contributed by atoms with Crippen molar-refractivity contribution in [3.05, 3.63) is 48.5 Å². The first kappa shape index (κ1) is 35.9. The molecule has 0 unspecified atom stereocenters. The smallest absolute Gasteiger partial charge is 0.213 e. The molecule has 39 heavy (non-hydrogen) atoms. The van der Waals surface area contributed by atoms with Gasteiger partial charge in [-0.25, -0.2) is 24.3 Å². The molecule has 222 valence electrons. The molecule has 0 aliphatic heterocycles. The van der Waals surface area contributed by atoms with Crippen molar-refractivity contribution in [3.63, 3.8) is 0 Å². The molecule has 0 spiro atoms. The topological polar surface area (TPSA) is 0 Å². The summed E-state index contributed by atoms with van der Waals surface area (Å²) in [5.74, 6) is 0. The van der Waals surface area contributed by atoms with Crippen LogP contribution in [0.1, 0.15) is 128 Å². The van der Waals surface area contributed by atoms with Crippen molar-refractivity contribution >= 4 is 51.3 Å². The summed E-state index contributed by atoms with van der Waals surface area (Å²) in [6.07, 6.45) is 30.1. The van der Waals surface area contributed by atoms with E-state index in [4.69, 9.17) is 0 Å². The monoisotopic (exact) mass is 650 g/mol. The van der Waals surface area contributed by atoms with Gasteiger partial charge in [-0.15, -0.1) is 35.4 Å². The summed E-state index contributed by atoms with van der Waals surface area (Å²) in [6, 6.07) is 18.7. The predicted octanol–water partition coefficient (Wildman–Crippen LogP) is 11.2. The maximum Gasteiger partial charge on any atom is 2.00 e. The first-order valence-corrected chi connectivity index (χ1v) is 18.9. The zero-order valence-corrected chi connectivity index (χ0v) is 28.7. The van der Waals surface area contributed by atoms with E-state index in [1.807, 2.05) is 0 Å². The molecule has 0 atom stereocenters. The standard InChI is InChI=1S/2C17H26P.2ClH.Fe/c2*1-3-9-15(10-4-1)18(17-13-7-8-14-17)16-11-5-2-6-12-16;;;/h2*7-8,13-16H,1-6,9-12H2;2*1H;/q2*-1;;;+2. The van der Waals surface area contributed by atoms with Crippen LogP contribution in [0.3, 0.4) is 0 Å². The van der Waals surface area contributed by atoms with Crippen molar-refractivity contribution < 1.29 is 17.1 Å². The van der Waals surface area contributed by atoms with Crippen molar-refractivity contribution in [2.45, 2.75) is 151 Å². The maximum absolute atomic E-state index is 2.43. The molecule has 0 aromatic heterocycles. The van der Waals surface area contributed by atoms with Crippen LogP contribution in [0, 0.1) is 0 Å². The Kier molecular flexibility index (Phi) is 18.2. The second-order valence-corrected chi connectivity index (χ2v) is 17.9. The van der Waals surface area contributed by atoms with E-state index >= 15 is 0 Å². The van der Waals surface area contributed by atoms with E-state index in [1.165, 1.54) is 128 Å². The fourth-order valence-corrected chi connectivity index (χ4v) is 15.5. The number of halogens is 2. The van der Waals surface area contributed by atoms with Crippen LogP contribution in [0.4, 0.5) is 0 Å². The summed E-state index contributed by atoms with van der Waals surface area (Å²) < 4.78 is 0. The third-order valence-corrected chi connectivity index (χ3v) is 16.8. The van der Waals surface area contributed by atoms with Gasteiger partial charge in [-0.05, 0) is 74.0 Å². The van der Waals surface area contributed by atoms with Crippen LogP contribution in [0.5, 0.6) is 0 Å². The van der Waals surface area contributed by atoms with Gasteiger partial charge in [0.1, 0.15) is 0 Å². The summed E-state index contributed by atoms with van der Waals surface area (Å²) in [6.45, 7) is 0. The van der Waals surface area contributed by atoms with Crippen LogP contribution < -0.4 is 10.6 Å².